The molecule has 0 bridgehead atoms. The minimum Gasteiger partial charge on any atom is -0.469 e. The van der Waals surface area contributed by atoms with Crippen molar-refractivity contribution >= 4 is 45.9 Å². The fourth-order valence-corrected chi connectivity index (χ4v) is 4.02. The van der Waals surface area contributed by atoms with E-state index in [9.17, 15) is 9.59 Å². The zero-order valence-corrected chi connectivity index (χ0v) is 16.2. The number of aromatic nitrogens is 1. The topological polar surface area (TPSA) is 59.2 Å². The summed E-state index contributed by atoms with van der Waals surface area (Å²) in [5.74, 6) is -0.586. The van der Waals surface area contributed by atoms with Gasteiger partial charge in [-0.2, -0.15) is 0 Å². The summed E-state index contributed by atoms with van der Waals surface area (Å²) in [6.07, 6.45) is 3.13. The van der Waals surface area contributed by atoms with E-state index >= 15 is 0 Å². The number of H-pyrrole nitrogens is 1. The first-order chi connectivity index (χ1) is 13.0. The first-order valence-electron chi connectivity index (χ1n) is 8.71. The number of carbonyl (C=O) groups excluding carboxylic acids is 2. The van der Waals surface area contributed by atoms with Crippen molar-refractivity contribution in [2.24, 2.45) is 0 Å². The molecule has 0 unspecified atom stereocenters. The SMILES string of the molecule is COC(=O)Cc1c(C(=O)c2ccc3c(c2)CCC3)[nH]c2cc(Cl)c(Cl)cc12. The number of carbonyl (C=O) groups is 2. The predicted molar refractivity (Wildman–Crippen MR) is 106 cm³/mol. The lowest BCUT2D eigenvalue weighted by Crippen LogP contribution is -2.10. The lowest BCUT2D eigenvalue weighted by molar-refractivity contribution is -0.139. The Morgan fingerprint density at radius 2 is 1.81 bits per heavy atom. The molecule has 0 radical (unpaired) electrons. The molecule has 0 saturated carbocycles. The minimum absolute atomic E-state index is 0.0273. The van der Waals surface area contributed by atoms with Crippen molar-refractivity contribution < 1.29 is 14.3 Å². The van der Waals surface area contributed by atoms with E-state index in [4.69, 9.17) is 27.9 Å². The minimum atomic E-state index is -0.426. The molecule has 0 fully saturated rings. The van der Waals surface area contributed by atoms with Gasteiger partial charge in [-0.15, -0.1) is 0 Å². The highest BCUT2D eigenvalue weighted by Gasteiger charge is 2.23. The van der Waals surface area contributed by atoms with Crippen LogP contribution in [-0.4, -0.2) is 23.8 Å². The zero-order chi connectivity index (χ0) is 19.1. The van der Waals surface area contributed by atoms with Gasteiger partial charge in [-0.25, -0.2) is 0 Å². The summed E-state index contributed by atoms with van der Waals surface area (Å²) in [4.78, 5) is 28.3. The first kappa shape index (κ1) is 18.1. The third-order valence-electron chi connectivity index (χ3n) is 5.08. The van der Waals surface area contributed by atoms with Crippen molar-refractivity contribution in [1.29, 1.82) is 0 Å². The predicted octanol–water partition coefficient (Wildman–Crippen LogP) is 4.91. The van der Waals surface area contributed by atoms with E-state index in [1.54, 1.807) is 12.1 Å². The zero-order valence-electron chi connectivity index (χ0n) is 14.7. The van der Waals surface area contributed by atoms with Crippen molar-refractivity contribution in [2.45, 2.75) is 25.7 Å². The normalized spacial score (nSPS) is 13.0. The van der Waals surface area contributed by atoms with E-state index < -0.39 is 5.97 Å². The molecule has 6 heteroatoms. The fraction of sp³-hybridized carbons (Fsp3) is 0.238. The molecule has 2 aromatic carbocycles. The highest BCUT2D eigenvalue weighted by atomic mass is 35.5. The van der Waals surface area contributed by atoms with E-state index in [1.165, 1.54) is 18.2 Å². The Hall–Kier alpha value is -2.30. The summed E-state index contributed by atoms with van der Waals surface area (Å²) < 4.78 is 4.80. The Bertz CT molecular complexity index is 1080. The number of aromatic amines is 1. The second-order valence-corrected chi connectivity index (χ2v) is 7.52. The van der Waals surface area contributed by atoms with Crippen molar-refractivity contribution in [2.75, 3.05) is 7.11 Å². The van der Waals surface area contributed by atoms with Crippen molar-refractivity contribution in [1.82, 2.24) is 4.98 Å². The van der Waals surface area contributed by atoms with E-state index in [1.807, 2.05) is 18.2 Å². The fourth-order valence-electron chi connectivity index (χ4n) is 3.70. The molecule has 0 saturated heterocycles. The third-order valence-corrected chi connectivity index (χ3v) is 5.81. The maximum absolute atomic E-state index is 13.2. The van der Waals surface area contributed by atoms with Gasteiger partial charge < -0.3 is 9.72 Å². The maximum atomic E-state index is 13.2. The summed E-state index contributed by atoms with van der Waals surface area (Å²) in [5, 5.41) is 1.44. The molecule has 1 aliphatic carbocycles. The van der Waals surface area contributed by atoms with Crippen LogP contribution < -0.4 is 0 Å². The lowest BCUT2D eigenvalue weighted by atomic mass is 9.98. The molecule has 27 heavy (non-hydrogen) atoms. The van der Waals surface area contributed by atoms with E-state index in [0.29, 0.717) is 37.8 Å². The Balaban J connectivity index is 1.85. The summed E-state index contributed by atoms with van der Waals surface area (Å²) in [5.41, 5.74) is 4.72. The van der Waals surface area contributed by atoms with Crippen LogP contribution >= 0.6 is 23.2 Å². The van der Waals surface area contributed by atoms with Gasteiger partial charge in [0.2, 0.25) is 5.78 Å². The lowest BCUT2D eigenvalue weighted by Gasteiger charge is -2.06. The number of rotatable bonds is 4. The monoisotopic (exact) mass is 401 g/mol. The molecule has 0 atom stereocenters. The number of ketones is 1. The number of benzene rings is 2. The number of esters is 1. The van der Waals surface area contributed by atoms with Gasteiger partial charge in [-0.1, -0.05) is 35.3 Å². The first-order valence-corrected chi connectivity index (χ1v) is 9.46. The second-order valence-electron chi connectivity index (χ2n) is 6.71. The summed E-state index contributed by atoms with van der Waals surface area (Å²) in [6, 6.07) is 9.16. The third kappa shape index (κ3) is 3.24. The molecule has 1 aromatic heterocycles. The van der Waals surface area contributed by atoms with Gasteiger partial charge >= 0.3 is 5.97 Å². The van der Waals surface area contributed by atoms with Crippen LogP contribution in [0.2, 0.25) is 10.0 Å². The van der Waals surface area contributed by atoms with Crippen molar-refractivity contribution in [3.05, 3.63) is 68.3 Å². The smallest absolute Gasteiger partial charge is 0.310 e. The second kappa shape index (κ2) is 7.02. The number of ether oxygens (including phenoxy) is 1. The average Bonchev–Trinajstić information content (AvgIpc) is 3.26. The van der Waals surface area contributed by atoms with Gasteiger partial charge in [0.05, 0.1) is 29.3 Å². The number of methoxy groups -OCH3 is 1. The molecule has 0 amide bonds. The standard InChI is InChI=1S/C21H17Cl2NO3/c1-27-19(25)9-15-14-8-16(22)17(23)10-18(14)24-20(15)21(26)13-6-5-11-3-2-4-12(11)7-13/h5-8,10,24H,2-4,9H2,1H3. The van der Waals surface area contributed by atoms with Crippen LogP contribution in [0, 0.1) is 0 Å². The van der Waals surface area contributed by atoms with Gasteiger partial charge in [-0.05, 0) is 48.6 Å². The van der Waals surface area contributed by atoms with Gasteiger partial charge in [0.15, 0.2) is 0 Å². The Labute approximate surface area is 166 Å². The molecular weight excluding hydrogens is 385 g/mol. The van der Waals surface area contributed by atoms with E-state index in [-0.39, 0.29) is 12.2 Å². The van der Waals surface area contributed by atoms with Gasteiger partial charge in [0.1, 0.15) is 0 Å². The quantitative estimate of drug-likeness (QED) is 0.498. The van der Waals surface area contributed by atoms with Crippen LogP contribution in [0.1, 0.15) is 39.2 Å². The number of hydrogen-bond donors (Lipinski definition) is 1. The summed E-state index contributed by atoms with van der Waals surface area (Å²) in [7, 11) is 1.32. The molecule has 3 aromatic rings. The van der Waals surface area contributed by atoms with E-state index in [2.05, 4.69) is 4.98 Å². The van der Waals surface area contributed by atoms with Crippen LogP contribution in [0.25, 0.3) is 10.9 Å². The summed E-state index contributed by atoms with van der Waals surface area (Å²) >= 11 is 12.3. The highest BCUT2D eigenvalue weighted by molar-refractivity contribution is 6.42. The van der Waals surface area contributed by atoms with Crippen LogP contribution in [-0.2, 0) is 28.8 Å². The molecular formula is C21H17Cl2NO3. The molecule has 138 valence electrons. The maximum Gasteiger partial charge on any atom is 0.310 e. The largest absolute Gasteiger partial charge is 0.469 e. The van der Waals surface area contributed by atoms with Crippen LogP contribution in [0.5, 0.6) is 0 Å². The van der Waals surface area contributed by atoms with Crippen LogP contribution in [0.4, 0.5) is 0 Å². The molecule has 4 rings (SSSR count). The van der Waals surface area contributed by atoms with Crippen LogP contribution in [0.15, 0.2) is 30.3 Å². The molecule has 4 nitrogen and oxygen atoms in total. The van der Waals surface area contributed by atoms with Gasteiger partial charge in [0.25, 0.3) is 0 Å². The number of fused-ring (bicyclic) bond motifs is 2. The number of aryl methyl sites for hydroxylation is 2. The molecule has 1 heterocycles. The molecule has 0 spiro atoms. The van der Waals surface area contributed by atoms with Crippen LogP contribution in [0.3, 0.4) is 0 Å². The van der Waals surface area contributed by atoms with Gasteiger partial charge in [0, 0.05) is 22.0 Å². The van der Waals surface area contributed by atoms with E-state index in [0.717, 1.165) is 19.3 Å². The van der Waals surface area contributed by atoms with Crippen molar-refractivity contribution in [3.8, 4) is 0 Å². The molecule has 1 N–H and O–H groups in total. The number of halogens is 2. The van der Waals surface area contributed by atoms with Crippen molar-refractivity contribution in [3.63, 3.8) is 0 Å². The Morgan fingerprint density at radius 1 is 1.07 bits per heavy atom. The molecule has 0 aliphatic heterocycles. The highest BCUT2D eigenvalue weighted by Crippen LogP contribution is 2.33. The average molecular weight is 402 g/mol. The molecule has 1 aliphatic rings. The number of nitrogens with one attached hydrogen (secondary N) is 1. The Morgan fingerprint density at radius 3 is 2.59 bits per heavy atom. The Kier molecular flexibility index (Phi) is 4.70. The van der Waals surface area contributed by atoms with Gasteiger partial charge in [-0.3, -0.25) is 9.59 Å². The number of hydrogen-bond acceptors (Lipinski definition) is 3. The summed E-state index contributed by atoms with van der Waals surface area (Å²) in [6.45, 7) is 0.